The summed E-state index contributed by atoms with van der Waals surface area (Å²) in [5, 5.41) is 3.16. The molecule has 13 heavy (non-hydrogen) atoms. The maximum atomic E-state index is 8.29. The molecule has 0 rings (SSSR count). The summed E-state index contributed by atoms with van der Waals surface area (Å²) in [6.45, 7) is 7.31. The third kappa shape index (κ3) is 18.5. The summed E-state index contributed by atoms with van der Waals surface area (Å²) in [6, 6.07) is 0.528. The summed E-state index contributed by atoms with van der Waals surface area (Å²) in [7, 11) is 1.96. The average molecular weight is 226 g/mol. The predicted molar refractivity (Wildman–Crippen MR) is 58.6 cm³/mol. The Labute approximate surface area is 89.3 Å². The van der Waals surface area contributed by atoms with E-state index in [9.17, 15) is 0 Å². The van der Waals surface area contributed by atoms with Crippen LogP contribution in [0.5, 0.6) is 0 Å². The standard InChI is InChI=1S/C8H15N.ClH.O2S/c1-4-6-8(9-3)7-5-2;;1-3-2/h4-5,8-9H,1-2,6-7H2,3H3;1H;. The Kier molecular flexibility index (Phi) is 24.8. The van der Waals surface area contributed by atoms with E-state index in [0.29, 0.717) is 6.04 Å². The molecule has 1 N–H and O–H groups in total. The smallest absolute Gasteiger partial charge is 0.316 e. The Balaban J connectivity index is -0.000000220. The van der Waals surface area contributed by atoms with Crippen LogP contribution in [0.1, 0.15) is 12.8 Å². The van der Waals surface area contributed by atoms with Gasteiger partial charge in [-0.05, 0) is 19.9 Å². The van der Waals surface area contributed by atoms with Gasteiger partial charge < -0.3 is 5.32 Å². The van der Waals surface area contributed by atoms with Crippen molar-refractivity contribution < 1.29 is 8.42 Å². The first-order chi connectivity index (χ1) is 5.76. The predicted octanol–water partition coefficient (Wildman–Crippen LogP) is 1.48. The Morgan fingerprint density at radius 3 is 1.77 bits per heavy atom. The lowest BCUT2D eigenvalue weighted by molar-refractivity contribution is 0.577. The fourth-order valence-corrected chi connectivity index (χ4v) is 0.734. The van der Waals surface area contributed by atoms with E-state index in [2.05, 4.69) is 18.5 Å². The summed E-state index contributed by atoms with van der Waals surface area (Å²) < 4.78 is 16.6. The maximum absolute atomic E-state index is 8.29. The highest BCUT2D eigenvalue weighted by molar-refractivity contribution is 7.51. The molecule has 0 aromatic rings. The number of halogens is 1. The van der Waals surface area contributed by atoms with E-state index < -0.39 is 11.6 Å². The zero-order valence-electron chi connectivity index (χ0n) is 7.69. The molecule has 0 aromatic carbocycles. The van der Waals surface area contributed by atoms with Gasteiger partial charge in [0.2, 0.25) is 0 Å². The Morgan fingerprint density at radius 1 is 1.31 bits per heavy atom. The molecular formula is C8H16ClNO2S. The topological polar surface area (TPSA) is 46.2 Å². The highest BCUT2D eigenvalue weighted by Crippen LogP contribution is 1.97. The van der Waals surface area contributed by atoms with Crippen molar-refractivity contribution >= 4 is 24.0 Å². The van der Waals surface area contributed by atoms with Crippen molar-refractivity contribution in [1.29, 1.82) is 0 Å². The molecule has 0 radical (unpaired) electrons. The van der Waals surface area contributed by atoms with E-state index in [0.717, 1.165) is 12.8 Å². The summed E-state index contributed by atoms with van der Waals surface area (Å²) in [6.07, 6.45) is 5.88. The van der Waals surface area contributed by atoms with Crippen LogP contribution in [0, 0.1) is 0 Å². The zero-order valence-corrected chi connectivity index (χ0v) is 9.33. The minimum Gasteiger partial charge on any atom is -0.316 e. The van der Waals surface area contributed by atoms with E-state index in [1.165, 1.54) is 0 Å². The summed E-state index contributed by atoms with van der Waals surface area (Å²) in [5.41, 5.74) is 0. The van der Waals surface area contributed by atoms with Crippen LogP contribution in [-0.2, 0) is 11.6 Å². The quantitative estimate of drug-likeness (QED) is 0.721. The van der Waals surface area contributed by atoms with Crippen LogP contribution in [0.2, 0.25) is 0 Å². The van der Waals surface area contributed by atoms with E-state index >= 15 is 0 Å². The van der Waals surface area contributed by atoms with Crippen molar-refractivity contribution in [3.63, 3.8) is 0 Å². The van der Waals surface area contributed by atoms with Crippen molar-refractivity contribution in [2.45, 2.75) is 18.9 Å². The first kappa shape index (κ1) is 18.4. The molecule has 0 bridgehead atoms. The highest BCUT2D eigenvalue weighted by Gasteiger charge is 1.97. The summed E-state index contributed by atoms with van der Waals surface area (Å²) >= 11 is -0.750. The van der Waals surface area contributed by atoms with Crippen LogP contribution < -0.4 is 5.32 Å². The molecule has 0 saturated carbocycles. The molecule has 78 valence electrons. The van der Waals surface area contributed by atoms with Crippen molar-refractivity contribution in [1.82, 2.24) is 5.32 Å². The third-order valence-corrected chi connectivity index (χ3v) is 1.31. The van der Waals surface area contributed by atoms with Gasteiger partial charge in [0, 0.05) is 6.04 Å². The lowest BCUT2D eigenvalue weighted by Crippen LogP contribution is -2.23. The van der Waals surface area contributed by atoms with Crippen LogP contribution in [0.15, 0.2) is 25.3 Å². The van der Waals surface area contributed by atoms with Crippen LogP contribution in [0.4, 0.5) is 0 Å². The minimum atomic E-state index is -0.750. The van der Waals surface area contributed by atoms with Gasteiger partial charge in [0.25, 0.3) is 0 Å². The van der Waals surface area contributed by atoms with Gasteiger partial charge in [-0.25, -0.2) is 0 Å². The van der Waals surface area contributed by atoms with Gasteiger partial charge in [-0.15, -0.1) is 25.6 Å². The third-order valence-electron chi connectivity index (χ3n) is 1.31. The lowest BCUT2D eigenvalue weighted by Gasteiger charge is -2.09. The molecule has 0 spiro atoms. The van der Waals surface area contributed by atoms with Crippen molar-refractivity contribution in [2.24, 2.45) is 0 Å². The molecule has 3 nitrogen and oxygen atoms in total. The van der Waals surface area contributed by atoms with E-state index in [1.54, 1.807) is 0 Å². The molecule has 0 aliphatic heterocycles. The largest absolute Gasteiger partial charge is 0.335 e. The van der Waals surface area contributed by atoms with Gasteiger partial charge in [0.05, 0.1) is 0 Å². The number of rotatable bonds is 5. The summed E-state index contributed by atoms with van der Waals surface area (Å²) in [5.74, 6) is 0. The van der Waals surface area contributed by atoms with E-state index in [-0.39, 0.29) is 12.4 Å². The molecule has 0 saturated heterocycles. The van der Waals surface area contributed by atoms with Crippen molar-refractivity contribution in [2.75, 3.05) is 7.05 Å². The SMILES string of the molecule is C=CCC(CC=C)NC.Cl.O=S=O. The van der Waals surface area contributed by atoms with Gasteiger partial charge in [-0.2, -0.15) is 8.42 Å². The van der Waals surface area contributed by atoms with Crippen LogP contribution in [-0.4, -0.2) is 21.5 Å². The molecule has 0 aliphatic rings. The fraction of sp³-hybridized carbons (Fsp3) is 0.500. The van der Waals surface area contributed by atoms with Crippen LogP contribution in [0.25, 0.3) is 0 Å². The molecule has 0 unspecified atom stereocenters. The van der Waals surface area contributed by atoms with Gasteiger partial charge in [-0.1, -0.05) is 12.2 Å². The van der Waals surface area contributed by atoms with Gasteiger partial charge >= 0.3 is 11.6 Å². The van der Waals surface area contributed by atoms with Gasteiger partial charge in [0.1, 0.15) is 0 Å². The molecule has 0 amide bonds. The first-order valence-electron chi connectivity index (χ1n) is 3.57. The molecule has 0 heterocycles. The van der Waals surface area contributed by atoms with E-state index in [1.807, 2.05) is 19.2 Å². The second kappa shape index (κ2) is 17.6. The van der Waals surface area contributed by atoms with Crippen molar-refractivity contribution in [3.05, 3.63) is 25.3 Å². The average Bonchev–Trinajstić information content (AvgIpc) is 2.05. The molecule has 0 aromatic heterocycles. The molecule has 0 atom stereocenters. The maximum Gasteiger partial charge on any atom is 0.335 e. The van der Waals surface area contributed by atoms with Gasteiger partial charge in [0.15, 0.2) is 0 Å². The molecular weight excluding hydrogens is 210 g/mol. The fourth-order valence-electron chi connectivity index (χ4n) is 0.734. The van der Waals surface area contributed by atoms with E-state index in [4.69, 9.17) is 8.42 Å². The minimum absolute atomic E-state index is 0. The van der Waals surface area contributed by atoms with Crippen molar-refractivity contribution in [3.8, 4) is 0 Å². The molecule has 5 heteroatoms. The highest BCUT2D eigenvalue weighted by atomic mass is 35.5. The Hall–Kier alpha value is -0.450. The Morgan fingerprint density at radius 2 is 1.62 bits per heavy atom. The lowest BCUT2D eigenvalue weighted by atomic mass is 10.1. The number of hydrogen-bond donors (Lipinski definition) is 1. The molecule has 0 fully saturated rings. The number of hydrogen-bond acceptors (Lipinski definition) is 3. The monoisotopic (exact) mass is 225 g/mol. The molecule has 0 aliphatic carbocycles. The zero-order chi connectivity index (χ0) is 9.82. The normalized spacial score (nSPS) is 7.54. The second-order valence-electron chi connectivity index (χ2n) is 2.10. The van der Waals surface area contributed by atoms with Crippen LogP contribution >= 0.6 is 12.4 Å². The van der Waals surface area contributed by atoms with Crippen LogP contribution in [0.3, 0.4) is 0 Å². The Bertz CT molecular complexity index is 148. The van der Waals surface area contributed by atoms with Gasteiger partial charge in [-0.3, -0.25) is 0 Å². The summed E-state index contributed by atoms with van der Waals surface area (Å²) in [4.78, 5) is 0. The second-order valence-corrected chi connectivity index (χ2v) is 2.24. The first-order valence-corrected chi connectivity index (χ1v) is 4.24. The number of nitrogens with one attached hydrogen (secondary N) is 1.